The van der Waals surface area contributed by atoms with Crippen LogP contribution in [0.3, 0.4) is 0 Å². The van der Waals surface area contributed by atoms with Crippen molar-refractivity contribution in [3.05, 3.63) is 60.1 Å². The summed E-state index contributed by atoms with van der Waals surface area (Å²) in [6, 6.07) is 3.71. The smallest absolute Gasteiger partial charge is 0.140 e. The molecule has 0 spiro atoms. The maximum absolute atomic E-state index is 14.7. The monoisotopic (exact) mass is 270 g/mol. The SMILES string of the molecule is C=C/C=N\C(=C/N)c1ccc(C2CCC2)c(C=C)c1F. The summed E-state index contributed by atoms with van der Waals surface area (Å²) in [6.07, 6.45) is 9.35. The van der Waals surface area contributed by atoms with Gasteiger partial charge in [-0.25, -0.2) is 4.39 Å². The Balaban J connectivity index is 2.48. The Kier molecular flexibility index (Phi) is 4.51. The van der Waals surface area contributed by atoms with E-state index in [2.05, 4.69) is 18.2 Å². The summed E-state index contributed by atoms with van der Waals surface area (Å²) in [6.45, 7) is 7.28. The van der Waals surface area contributed by atoms with Gasteiger partial charge in [0.1, 0.15) is 5.82 Å². The van der Waals surface area contributed by atoms with Crippen LogP contribution >= 0.6 is 0 Å². The van der Waals surface area contributed by atoms with E-state index in [9.17, 15) is 4.39 Å². The average molecular weight is 270 g/mol. The summed E-state index contributed by atoms with van der Waals surface area (Å²) in [4.78, 5) is 4.09. The number of rotatable bonds is 5. The first-order valence-corrected chi connectivity index (χ1v) is 6.75. The van der Waals surface area contributed by atoms with Gasteiger partial charge < -0.3 is 5.73 Å². The van der Waals surface area contributed by atoms with Crippen molar-refractivity contribution in [1.29, 1.82) is 0 Å². The van der Waals surface area contributed by atoms with Gasteiger partial charge in [-0.2, -0.15) is 0 Å². The van der Waals surface area contributed by atoms with Crippen molar-refractivity contribution in [3.8, 4) is 0 Å². The molecule has 20 heavy (non-hydrogen) atoms. The minimum absolute atomic E-state index is 0.303. The first-order chi connectivity index (χ1) is 9.72. The fourth-order valence-corrected chi connectivity index (χ4v) is 2.42. The number of hydrogen-bond donors (Lipinski definition) is 1. The van der Waals surface area contributed by atoms with Gasteiger partial charge in [-0.05, 0) is 30.4 Å². The highest BCUT2D eigenvalue weighted by atomic mass is 19.1. The molecule has 1 saturated carbocycles. The van der Waals surface area contributed by atoms with Crippen LogP contribution in [-0.4, -0.2) is 6.21 Å². The lowest BCUT2D eigenvalue weighted by Crippen LogP contribution is -2.11. The second-order valence-corrected chi connectivity index (χ2v) is 4.83. The second kappa shape index (κ2) is 6.33. The number of nitrogens with zero attached hydrogens (tertiary/aromatic N) is 1. The minimum atomic E-state index is -0.303. The zero-order chi connectivity index (χ0) is 14.5. The maximum atomic E-state index is 14.7. The summed E-state index contributed by atoms with van der Waals surface area (Å²) in [5.74, 6) is 0.149. The molecule has 1 fully saturated rings. The van der Waals surface area contributed by atoms with E-state index in [-0.39, 0.29) is 5.82 Å². The lowest BCUT2D eigenvalue weighted by Gasteiger charge is -2.28. The summed E-state index contributed by atoms with van der Waals surface area (Å²) in [7, 11) is 0. The summed E-state index contributed by atoms with van der Waals surface area (Å²) in [5, 5.41) is 0. The maximum Gasteiger partial charge on any atom is 0.140 e. The van der Waals surface area contributed by atoms with E-state index in [4.69, 9.17) is 5.73 Å². The van der Waals surface area contributed by atoms with Crippen molar-refractivity contribution in [2.75, 3.05) is 0 Å². The summed E-state index contributed by atoms with van der Waals surface area (Å²) < 4.78 is 14.7. The van der Waals surface area contributed by atoms with Gasteiger partial charge >= 0.3 is 0 Å². The van der Waals surface area contributed by atoms with Crippen LogP contribution in [0.2, 0.25) is 0 Å². The number of hydrogen-bond acceptors (Lipinski definition) is 2. The van der Waals surface area contributed by atoms with Gasteiger partial charge in [0.2, 0.25) is 0 Å². The van der Waals surface area contributed by atoms with Crippen LogP contribution in [0.5, 0.6) is 0 Å². The van der Waals surface area contributed by atoms with E-state index < -0.39 is 0 Å². The predicted molar refractivity (Wildman–Crippen MR) is 83.9 cm³/mol. The molecular weight excluding hydrogens is 251 g/mol. The minimum Gasteiger partial charge on any atom is -0.403 e. The largest absolute Gasteiger partial charge is 0.403 e. The van der Waals surface area contributed by atoms with E-state index in [1.54, 1.807) is 12.1 Å². The van der Waals surface area contributed by atoms with Crippen molar-refractivity contribution in [3.63, 3.8) is 0 Å². The zero-order valence-corrected chi connectivity index (χ0v) is 11.5. The van der Waals surface area contributed by atoms with E-state index >= 15 is 0 Å². The zero-order valence-electron chi connectivity index (χ0n) is 11.5. The molecule has 0 unspecified atom stereocenters. The fraction of sp³-hybridized carbons (Fsp3) is 0.235. The highest BCUT2D eigenvalue weighted by Gasteiger charge is 2.24. The molecule has 0 aliphatic heterocycles. The second-order valence-electron chi connectivity index (χ2n) is 4.83. The topological polar surface area (TPSA) is 38.4 Å². The molecule has 1 aromatic carbocycles. The molecule has 1 aliphatic carbocycles. The molecule has 2 N–H and O–H groups in total. The van der Waals surface area contributed by atoms with Crippen molar-refractivity contribution in [2.24, 2.45) is 10.7 Å². The normalized spacial score (nSPS) is 16.1. The molecule has 104 valence electrons. The van der Waals surface area contributed by atoms with Crippen LogP contribution in [0.15, 0.2) is 42.6 Å². The molecule has 1 aromatic rings. The number of halogens is 1. The molecule has 0 bridgehead atoms. The van der Waals surface area contributed by atoms with Gasteiger partial charge in [-0.1, -0.05) is 37.8 Å². The van der Waals surface area contributed by atoms with Crippen LogP contribution in [0.4, 0.5) is 4.39 Å². The van der Waals surface area contributed by atoms with Crippen LogP contribution in [0, 0.1) is 5.82 Å². The van der Waals surface area contributed by atoms with Crippen molar-refractivity contribution in [1.82, 2.24) is 0 Å². The Bertz CT molecular complexity index is 581. The number of nitrogens with two attached hydrogens (primary N) is 1. The van der Waals surface area contributed by atoms with Crippen LogP contribution < -0.4 is 5.73 Å². The van der Waals surface area contributed by atoms with Gasteiger partial charge in [-0.3, -0.25) is 4.99 Å². The standard InChI is InChI=1S/C17H19FN2/c1-3-10-20-16(11-19)15-9-8-14(12-6-5-7-12)13(4-2)17(15)18/h3-4,8-12H,1-2,5-7,19H2/b16-11-,20-10-. The molecule has 2 nitrogen and oxygen atoms in total. The van der Waals surface area contributed by atoms with E-state index in [1.807, 2.05) is 6.07 Å². The number of allylic oxidation sites excluding steroid dienone is 1. The Morgan fingerprint density at radius 3 is 2.60 bits per heavy atom. The first kappa shape index (κ1) is 14.3. The molecule has 0 aromatic heterocycles. The van der Waals surface area contributed by atoms with Gasteiger partial charge in [0, 0.05) is 23.5 Å². The van der Waals surface area contributed by atoms with Gasteiger partial charge in [0.25, 0.3) is 0 Å². The third kappa shape index (κ3) is 2.57. The van der Waals surface area contributed by atoms with Crippen molar-refractivity contribution >= 4 is 18.0 Å². The lowest BCUT2D eigenvalue weighted by molar-refractivity contribution is 0.417. The lowest BCUT2D eigenvalue weighted by atomic mass is 9.77. The number of benzene rings is 1. The highest BCUT2D eigenvalue weighted by Crippen LogP contribution is 2.40. The Morgan fingerprint density at radius 1 is 1.35 bits per heavy atom. The summed E-state index contributed by atoms with van der Waals surface area (Å²) in [5.41, 5.74) is 7.93. The molecule has 1 aliphatic rings. The Labute approximate surface area is 119 Å². The van der Waals surface area contributed by atoms with E-state index in [0.29, 0.717) is 22.7 Å². The molecule has 0 radical (unpaired) electrons. The van der Waals surface area contributed by atoms with Crippen LogP contribution in [-0.2, 0) is 0 Å². The third-order valence-corrected chi connectivity index (χ3v) is 3.72. The molecule has 0 amide bonds. The van der Waals surface area contributed by atoms with Gasteiger partial charge in [0.05, 0.1) is 5.70 Å². The molecule has 3 heteroatoms. The fourth-order valence-electron chi connectivity index (χ4n) is 2.42. The average Bonchev–Trinajstić information content (AvgIpc) is 2.40. The van der Waals surface area contributed by atoms with Crippen LogP contribution in [0.25, 0.3) is 11.8 Å². The van der Waals surface area contributed by atoms with Crippen LogP contribution in [0.1, 0.15) is 41.9 Å². The van der Waals surface area contributed by atoms with E-state index in [1.165, 1.54) is 24.9 Å². The van der Waals surface area contributed by atoms with Gasteiger partial charge in [0.15, 0.2) is 0 Å². The quantitative estimate of drug-likeness (QED) is 0.798. The highest BCUT2D eigenvalue weighted by molar-refractivity contribution is 5.80. The first-order valence-electron chi connectivity index (χ1n) is 6.75. The molecule has 0 saturated heterocycles. The summed E-state index contributed by atoms with van der Waals surface area (Å²) >= 11 is 0. The van der Waals surface area contributed by atoms with Gasteiger partial charge in [-0.15, -0.1) is 0 Å². The molecule has 0 atom stereocenters. The van der Waals surface area contributed by atoms with Crippen molar-refractivity contribution < 1.29 is 4.39 Å². The predicted octanol–water partition coefficient (Wildman–Crippen LogP) is 4.25. The molecule has 2 rings (SSSR count). The number of aliphatic imine (C=N–C) groups is 1. The van der Waals surface area contributed by atoms with E-state index in [0.717, 1.165) is 18.4 Å². The molecule has 0 heterocycles. The Hall–Kier alpha value is -2.16. The Morgan fingerprint density at radius 2 is 2.10 bits per heavy atom. The third-order valence-electron chi connectivity index (χ3n) is 3.72. The molecular formula is C17H19FN2. The van der Waals surface area contributed by atoms with Crippen molar-refractivity contribution in [2.45, 2.75) is 25.2 Å².